The summed E-state index contributed by atoms with van der Waals surface area (Å²) in [5.74, 6) is 0. The molecule has 0 N–H and O–H groups in total. The normalized spacial score (nSPS) is 16.1. The molecular formula is C9H12NP. The first kappa shape index (κ1) is 7.24. The number of pyridine rings is 1. The summed E-state index contributed by atoms with van der Waals surface area (Å²) in [6.07, 6.45) is 7.06. The lowest BCUT2D eigenvalue weighted by atomic mass is 9.94. The number of fused-ring (bicyclic) bond motifs is 1. The van der Waals surface area contributed by atoms with Crippen LogP contribution in [0.5, 0.6) is 0 Å². The Morgan fingerprint density at radius 2 is 2.09 bits per heavy atom. The van der Waals surface area contributed by atoms with E-state index in [1.807, 2.05) is 6.20 Å². The summed E-state index contributed by atoms with van der Waals surface area (Å²) in [6, 6.07) is 2.15. The predicted octanol–water partition coefficient (Wildman–Crippen LogP) is 1.46. The zero-order valence-corrected chi connectivity index (χ0v) is 7.66. The second kappa shape index (κ2) is 2.91. The molecular weight excluding hydrogens is 153 g/mol. The van der Waals surface area contributed by atoms with E-state index in [2.05, 4.69) is 20.3 Å². The first-order valence-corrected chi connectivity index (χ1v) is 4.68. The SMILES string of the molecule is Pc1nccc2c1CCCC2. The molecule has 1 aliphatic rings. The van der Waals surface area contributed by atoms with Gasteiger partial charge in [-0.05, 0) is 42.9 Å². The summed E-state index contributed by atoms with van der Waals surface area (Å²) in [7, 11) is 2.72. The Kier molecular flexibility index (Phi) is 1.91. The van der Waals surface area contributed by atoms with Gasteiger partial charge in [-0.25, -0.2) is 0 Å². The van der Waals surface area contributed by atoms with Gasteiger partial charge in [-0.15, -0.1) is 0 Å². The van der Waals surface area contributed by atoms with Crippen LogP contribution in [0.3, 0.4) is 0 Å². The highest BCUT2D eigenvalue weighted by atomic mass is 31.0. The molecule has 0 amide bonds. The van der Waals surface area contributed by atoms with Gasteiger partial charge in [-0.2, -0.15) is 0 Å². The monoisotopic (exact) mass is 165 g/mol. The van der Waals surface area contributed by atoms with Gasteiger partial charge < -0.3 is 0 Å². The Bertz CT molecular complexity index is 270. The second-order valence-electron chi connectivity index (χ2n) is 3.04. The molecule has 0 fully saturated rings. The van der Waals surface area contributed by atoms with Crippen LogP contribution in [-0.4, -0.2) is 4.98 Å². The predicted molar refractivity (Wildman–Crippen MR) is 50.2 cm³/mol. The first-order valence-electron chi connectivity index (χ1n) is 4.10. The summed E-state index contributed by atoms with van der Waals surface area (Å²) in [4.78, 5) is 4.26. The van der Waals surface area contributed by atoms with E-state index in [0.29, 0.717) is 0 Å². The van der Waals surface area contributed by atoms with Gasteiger partial charge in [0.2, 0.25) is 0 Å². The van der Waals surface area contributed by atoms with E-state index >= 15 is 0 Å². The van der Waals surface area contributed by atoms with E-state index in [1.165, 1.54) is 36.8 Å². The summed E-state index contributed by atoms with van der Waals surface area (Å²) in [6.45, 7) is 0. The molecule has 11 heavy (non-hydrogen) atoms. The molecule has 1 heterocycles. The van der Waals surface area contributed by atoms with Crippen molar-refractivity contribution in [2.45, 2.75) is 25.7 Å². The fraction of sp³-hybridized carbons (Fsp3) is 0.444. The average molecular weight is 165 g/mol. The number of nitrogens with zero attached hydrogens (tertiary/aromatic N) is 1. The lowest BCUT2D eigenvalue weighted by Gasteiger charge is -2.16. The zero-order chi connectivity index (χ0) is 7.68. The molecule has 1 aromatic rings. The molecule has 0 aromatic carbocycles. The Balaban J connectivity index is 2.49. The molecule has 0 aliphatic heterocycles. The van der Waals surface area contributed by atoms with Gasteiger partial charge in [0, 0.05) is 6.20 Å². The van der Waals surface area contributed by atoms with Crippen LogP contribution >= 0.6 is 9.24 Å². The van der Waals surface area contributed by atoms with Crippen molar-refractivity contribution >= 4 is 14.7 Å². The molecule has 0 saturated heterocycles. The van der Waals surface area contributed by atoms with Gasteiger partial charge in [0.1, 0.15) is 0 Å². The number of aryl methyl sites for hydroxylation is 1. The molecule has 1 atom stereocenters. The Hall–Kier alpha value is -0.420. The van der Waals surface area contributed by atoms with Crippen LogP contribution in [0.15, 0.2) is 12.3 Å². The third kappa shape index (κ3) is 1.30. The molecule has 1 unspecified atom stereocenters. The van der Waals surface area contributed by atoms with Crippen LogP contribution in [0, 0.1) is 0 Å². The number of hydrogen-bond donors (Lipinski definition) is 0. The van der Waals surface area contributed by atoms with Crippen molar-refractivity contribution in [3.05, 3.63) is 23.4 Å². The van der Waals surface area contributed by atoms with Crippen LogP contribution in [0.2, 0.25) is 0 Å². The topological polar surface area (TPSA) is 12.9 Å². The molecule has 0 bridgehead atoms. The summed E-state index contributed by atoms with van der Waals surface area (Å²) >= 11 is 0. The molecule has 1 nitrogen and oxygen atoms in total. The number of hydrogen-bond acceptors (Lipinski definition) is 1. The van der Waals surface area contributed by atoms with Gasteiger partial charge in [0.25, 0.3) is 0 Å². The molecule has 0 spiro atoms. The second-order valence-corrected chi connectivity index (χ2v) is 3.59. The van der Waals surface area contributed by atoms with Crippen molar-refractivity contribution in [2.24, 2.45) is 0 Å². The van der Waals surface area contributed by atoms with E-state index in [9.17, 15) is 0 Å². The van der Waals surface area contributed by atoms with Crippen LogP contribution in [0.25, 0.3) is 0 Å². The quantitative estimate of drug-likeness (QED) is 0.530. The third-order valence-corrected chi connectivity index (χ3v) is 2.81. The van der Waals surface area contributed by atoms with Crippen LogP contribution < -0.4 is 5.44 Å². The van der Waals surface area contributed by atoms with Crippen molar-refractivity contribution in [1.82, 2.24) is 4.98 Å². The first-order chi connectivity index (χ1) is 5.38. The Morgan fingerprint density at radius 1 is 1.27 bits per heavy atom. The third-order valence-electron chi connectivity index (χ3n) is 2.31. The van der Waals surface area contributed by atoms with Crippen LogP contribution in [-0.2, 0) is 12.8 Å². The molecule has 58 valence electrons. The van der Waals surface area contributed by atoms with Gasteiger partial charge >= 0.3 is 0 Å². The fourth-order valence-corrected chi connectivity index (χ4v) is 2.11. The number of aromatic nitrogens is 1. The number of rotatable bonds is 0. The van der Waals surface area contributed by atoms with E-state index in [1.54, 1.807) is 0 Å². The highest BCUT2D eigenvalue weighted by molar-refractivity contribution is 7.27. The minimum Gasteiger partial charge on any atom is -0.257 e. The maximum absolute atomic E-state index is 4.26. The molecule has 0 radical (unpaired) electrons. The van der Waals surface area contributed by atoms with Crippen molar-refractivity contribution in [1.29, 1.82) is 0 Å². The average Bonchev–Trinajstić information content (AvgIpc) is 2.06. The van der Waals surface area contributed by atoms with Gasteiger partial charge in [0.05, 0.1) is 5.44 Å². The van der Waals surface area contributed by atoms with Crippen molar-refractivity contribution in [3.8, 4) is 0 Å². The Labute approximate surface area is 69.4 Å². The molecule has 0 saturated carbocycles. The standard InChI is InChI=1S/C9H12NP/c11-9-8-4-2-1-3-7(8)5-6-10-9/h5-6H,1-4,11H2. The molecule has 2 heteroatoms. The van der Waals surface area contributed by atoms with E-state index in [4.69, 9.17) is 0 Å². The van der Waals surface area contributed by atoms with Crippen molar-refractivity contribution < 1.29 is 0 Å². The maximum atomic E-state index is 4.26. The molecule has 2 rings (SSSR count). The van der Waals surface area contributed by atoms with Crippen molar-refractivity contribution in [3.63, 3.8) is 0 Å². The molecule has 1 aromatic heterocycles. The smallest absolute Gasteiger partial charge is 0.0603 e. The largest absolute Gasteiger partial charge is 0.257 e. The summed E-state index contributed by atoms with van der Waals surface area (Å²) < 4.78 is 0. The van der Waals surface area contributed by atoms with Gasteiger partial charge in [-0.1, -0.05) is 9.24 Å². The lowest BCUT2D eigenvalue weighted by Crippen LogP contribution is -2.13. The van der Waals surface area contributed by atoms with E-state index in [-0.39, 0.29) is 0 Å². The highest BCUT2D eigenvalue weighted by Gasteiger charge is 2.10. The Morgan fingerprint density at radius 3 is 2.91 bits per heavy atom. The highest BCUT2D eigenvalue weighted by Crippen LogP contribution is 2.19. The lowest BCUT2D eigenvalue weighted by molar-refractivity contribution is 0.686. The van der Waals surface area contributed by atoms with Gasteiger partial charge in [0.15, 0.2) is 0 Å². The van der Waals surface area contributed by atoms with Crippen LogP contribution in [0.4, 0.5) is 0 Å². The summed E-state index contributed by atoms with van der Waals surface area (Å²) in [5, 5.41) is 0. The summed E-state index contributed by atoms with van der Waals surface area (Å²) in [5.41, 5.74) is 4.14. The fourth-order valence-electron chi connectivity index (χ4n) is 1.69. The van der Waals surface area contributed by atoms with Crippen LogP contribution in [0.1, 0.15) is 24.0 Å². The maximum Gasteiger partial charge on any atom is 0.0603 e. The minimum absolute atomic E-state index is 1.15. The zero-order valence-electron chi connectivity index (χ0n) is 6.51. The van der Waals surface area contributed by atoms with Crippen molar-refractivity contribution in [2.75, 3.05) is 0 Å². The van der Waals surface area contributed by atoms with E-state index in [0.717, 1.165) is 5.44 Å². The molecule has 1 aliphatic carbocycles. The minimum atomic E-state index is 1.15. The van der Waals surface area contributed by atoms with Gasteiger partial charge in [-0.3, -0.25) is 4.98 Å². The van der Waals surface area contributed by atoms with E-state index < -0.39 is 0 Å².